The fraction of sp³-hybridized carbons (Fsp3) is 0.440. The Labute approximate surface area is 207 Å². The number of nitrogens with zero attached hydrogens (tertiary/aromatic N) is 2. The molecule has 7 nitrogen and oxygen atoms in total. The van der Waals surface area contributed by atoms with E-state index in [2.05, 4.69) is 10.3 Å². The first-order valence-corrected chi connectivity index (χ1v) is 14.0. The number of carbonyl (C=O) groups is 1. The molecular formula is C25H33N3O4S2. The fourth-order valence-corrected chi connectivity index (χ4v) is 6.30. The Morgan fingerprint density at radius 3 is 2.32 bits per heavy atom. The summed E-state index contributed by atoms with van der Waals surface area (Å²) in [5, 5.41) is 3.53. The summed E-state index contributed by atoms with van der Waals surface area (Å²) in [6.45, 7) is 4.97. The Kier molecular flexibility index (Phi) is 9.55. The number of benzene rings is 2. The number of amidine groups is 1. The number of nitrogens with one attached hydrogen (secondary N) is 1. The lowest BCUT2D eigenvalue weighted by Gasteiger charge is -2.21. The molecule has 0 spiro atoms. The third-order valence-corrected chi connectivity index (χ3v) is 8.42. The van der Waals surface area contributed by atoms with E-state index in [1.165, 1.54) is 16.1 Å². The molecule has 1 N–H and O–H groups in total. The van der Waals surface area contributed by atoms with Crippen LogP contribution in [0.3, 0.4) is 0 Å². The van der Waals surface area contributed by atoms with Crippen molar-refractivity contribution in [3.05, 3.63) is 59.7 Å². The fourth-order valence-electron chi connectivity index (χ4n) is 3.71. The van der Waals surface area contributed by atoms with E-state index in [0.717, 1.165) is 35.5 Å². The molecule has 1 unspecified atom stereocenters. The van der Waals surface area contributed by atoms with Gasteiger partial charge in [0.15, 0.2) is 5.17 Å². The van der Waals surface area contributed by atoms with E-state index in [1.54, 1.807) is 31.4 Å². The topological polar surface area (TPSA) is 88.1 Å². The van der Waals surface area contributed by atoms with Gasteiger partial charge >= 0.3 is 0 Å². The zero-order valence-electron chi connectivity index (χ0n) is 20.0. The van der Waals surface area contributed by atoms with Crippen LogP contribution in [0.25, 0.3) is 0 Å². The van der Waals surface area contributed by atoms with Crippen molar-refractivity contribution >= 4 is 32.9 Å². The number of hydrogen-bond donors (Lipinski definition) is 1. The number of sulfonamides is 1. The minimum Gasteiger partial charge on any atom is -0.497 e. The highest BCUT2D eigenvalue weighted by molar-refractivity contribution is 8.14. The Hall–Kier alpha value is -2.36. The summed E-state index contributed by atoms with van der Waals surface area (Å²) in [4.78, 5) is 17.4. The lowest BCUT2D eigenvalue weighted by molar-refractivity contribution is -0.119. The molecule has 0 aliphatic carbocycles. The zero-order valence-corrected chi connectivity index (χ0v) is 21.6. The van der Waals surface area contributed by atoms with Gasteiger partial charge in [-0.25, -0.2) is 8.42 Å². The molecule has 1 atom stereocenters. The van der Waals surface area contributed by atoms with Gasteiger partial charge in [0.05, 0.1) is 18.0 Å². The number of hydrogen-bond acceptors (Lipinski definition) is 6. The molecule has 1 aliphatic rings. The number of aliphatic imine (C=N–C) groups is 1. The standard InChI is InChI=1S/C25H33N3O4S2/c1-4-16-28(17-5-2)34(30,31)22-13-6-19(7-14-22)8-15-24(29)27-25-26-23(18-33-25)20-9-11-21(32-3)12-10-20/h6-7,9-14,23H,4-5,8,15-18H2,1-3H3,(H,26,27,29). The van der Waals surface area contributed by atoms with E-state index < -0.39 is 10.0 Å². The minimum absolute atomic E-state index is 0.0145. The predicted molar refractivity (Wildman–Crippen MR) is 138 cm³/mol. The maximum absolute atomic E-state index is 12.9. The lowest BCUT2D eigenvalue weighted by atomic mass is 10.1. The summed E-state index contributed by atoms with van der Waals surface area (Å²) < 4.78 is 32.5. The molecule has 184 valence electrons. The number of thioether (sulfide) groups is 1. The Morgan fingerprint density at radius 2 is 1.74 bits per heavy atom. The SMILES string of the molecule is CCCN(CCC)S(=O)(=O)c1ccc(CCC(=O)NC2=NC(c3ccc(OC)cc3)CS2)cc1. The molecule has 2 aromatic carbocycles. The quantitative estimate of drug-likeness (QED) is 0.491. The van der Waals surface area contributed by atoms with Gasteiger partial charge in [-0.05, 0) is 54.7 Å². The van der Waals surface area contributed by atoms with Crippen LogP contribution in [0.15, 0.2) is 58.4 Å². The zero-order chi connectivity index (χ0) is 24.6. The summed E-state index contributed by atoms with van der Waals surface area (Å²) in [6, 6.07) is 14.7. The second-order valence-corrected chi connectivity index (χ2v) is 11.1. The highest BCUT2D eigenvalue weighted by Crippen LogP contribution is 2.30. The molecule has 0 radical (unpaired) electrons. The number of amides is 1. The highest BCUT2D eigenvalue weighted by atomic mass is 32.2. The van der Waals surface area contributed by atoms with Crippen LogP contribution in [0.1, 0.15) is 50.3 Å². The van der Waals surface area contributed by atoms with Gasteiger partial charge in [0, 0.05) is 25.3 Å². The van der Waals surface area contributed by atoms with Crippen molar-refractivity contribution in [2.45, 2.75) is 50.5 Å². The summed E-state index contributed by atoms with van der Waals surface area (Å²) in [5.74, 6) is 1.48. The third kappa shape index (κ3) is 6.84. The van der Waals surface area contributed by atoms with Gasteiger partial charge in [-0.3, -0.25) is 9.79 Å². The molecule has 1 heterocycles. The molecule has 0 aromatic heterocycles. The number of ether oxygens (including phenoxy) is 1. The van der Waals surface area contributed by atoms with Crippen molar-refractivity contribution in [1.82, 2.24) is 9.62 Å². The number of methoxy groups -OCH3 is 1. The Morgan fingerprint density at radius 1 is 1.09 bits per heavy atom. The highest BCUT2D eigenvalue weighted by Gasteiger charge is 2.23. The molecule has 34 heavy (non-hydrogen) atoms. The number of carbonyl (C=O) groups excluding carboxylic acids is 1. The first-order valence-electron chi connectivity index (χ1n) is 11.6. The van der Waals surface area contributed by atoms with E-state index in [9.17, 15) is 13.2 Å². The molecule has 1 aliphatic heterocycles. The number of rotatable bonds is 11. The van der Waals surface area contributed by atoms with Crippen LogP contribution in [-0.2, 0) is 21.2 Å². The van der Waals surface area contributed by atoms with Crippen LogP contribution in [0, 0.1) is 0 Å². The van der Waals surface area contributed by atoms with Crippen LogP contribution in [-0.4, -0.2) is 49.8 Å². The van der Waals surface area contributed by atoms with E-state index in [1.807, 2.05) is 38.1 Å². The van der Waals surface area contributed by atoms with Crippen molar-refractivity contribution in [1.29, 1.82) is 0 Å². The van der Waals surface area contributed by atoms with Crippen LogP contribution in [0.2, 0.25) is 0 Å². The molecular weight excluding hydrogens is 470 g/mol. The van der Waals surface area contributed by atoms with Gasteiger partial charge < -0.3 is 10.1 Å². The van der Waals surface area contributed by atoms with E-state index in [4.69, 9.17) is 4.74 Å². The maximum Gasteiger partial charge on any atom is 0.243 e. The van der Waals surface area contributed by atoms with Crippen LogP contribution in [0.5, 0.6) is 5.75 Å². The molecule has 2 aromatic rings. The molecule has 0 saturated heterocycles. The summed E-state index contributed by atoms with van der Waals surface area (Å²) >= 11 is 1.54. The van der Waals surface area contributed by atoms with Crippen molar-refractivity contribution < 1.29 is 17.9 Å². The summed E-state index contributed by atoms with van der Waals surface area (Å²) in [7, 11) is -1.86. The lowest BCUT2D eigenvalue weighted by Crippen LogP contribution is -2.32. The Balaban J connectivity index is 1.53. The first-order chi connectivity index (χ1) is 16.4. The Bertz CT molecular complexity index is 1080. The summed E-state index contributed by atoms with van der Waals surface area (Å²) in [5.41, 5.74) is 2.01. The maximum atomic E-state index is 12.9. The van der Waals surface area contributed by atoms with E-state index in [-0.39, 0.29) is 11.9 Å². The number of aryl methyl sites for hydroxylation is 1. The van der Waals surface area contributed by atoms with Gasteiger partial charge in [0.1, 0.15) is 5.75 Å². The smallest absolute Gasteiger partial charge is 0.243 e. The summed E-state index contributed by atoms with van der Waals surface area (Å²) in [6.07, 6.45) is 2.38. The first kappa shape index (κ1) is 26.2. The van der Waals surface area contributed by atoms with E-state index in [0.29, 0.717) is 36.0 Å². The van der Waals surface area contributed by atoms with Gasteiger partial charge in [-0.15, -0.1) is 0 Å². The van der Waals surface area contributed by atoms with Crippen LogP contribution < -0.4 is 10.1 Å². The van der Waals surface area contributed by atoms with Crippen LogP contribution in [0.4, 0.5) is 0 Å². The average Bonchev–Trinajstić information content (AvgIpc) is 3.31. The van der Waals surface area contributed by atoms with E-state index >= 15 is 0 Å². The molecule has 9 heteroatoms. The van der Waals surface area contributed by atoms with Crippen molar-refractivity contribution in [3.8, 4) is 5.75 Å². The van der Waals surface area contributed by atoms with Gasteiger partial charge in [-0.2, -0.15) is 4.31 Å². The molecule has 3 rings (SSSR count). The van der Waals surface area contributed by atoms with Crippen molar-refractivity contribution in [2.75, 3.05) is 26.0 Å². The second kappa shape index (κ2) is 12.4. The normalized spacial score (nSPS) is 15.9. The van der Waals surface area contributed by atoms with Gasteiger partial charge in [0.25, 0.3) is 0 Å². The van der Waals surface area contributed by atoms with Gasteiger partial charge in [-0.1, -0.05) is 49.9 Å². The largest absolute Gasteiger partial charge is 0.497 e. The monoisotopic (exact) mass is 503 g/mol. The second-order valence-electron chi connectivity index (χ2n) is 8.13. The third-order valence-electron chi connectivity index (χ3n) is 5.55. The predicted octanol–water partition coefficient (Wildman–Crippen LogP) is 4.40. The molecule has 0 saturated carbocycles. The molecule has 1 amide bonds. The minimum atomic E-state index is -3.49. The average molecular weight is 504 g/mol. The van der Waals surface area contributed by atoms with Crippen molar-refractivity contribution in [2.24, 2.45) is 4.99 Å². The van der Waals surface area contributed by atoms with Crippen LogP contribution >= 0.6 is 11.8 Å². The molecule has 0 fully saturated rings. The van der Waals surface area contributed by atoms with Crippen molar-refractivity contribution in [3.63, 3.8) is 0 Å². The molecule has 0 bridgehead atoms. The van der Waals surface area contributed by atoms with Gasteiger partial charge in [0.2, 0.25) is 15.9 Å².